The van der Waals surface area contributed by atoms with Crippen molar-refractivity contribution in [3.63, 3.8) is 0 Å². The first-order chi connectivity index (χ1) is 16.8. The number of nitrogens with one attached hydrogen (secondary N) is 1. The number of sulfonamides is 1. The van der Waals surface area contributed by atoms with Gasteiger partial charge in [0.15, 0.2) is 0 Å². The molecule has 0 aliphatic rings. The van der Waals surface area contributed by atoms with Crippen molar-refractivity contribution >= 4 is 50.7 Å². The van der Waals surface area contributed by atoms with E-state index in [1.54, 1.807) is 43.3 Å². The Hall–Kier alpha value is -2.49. The molecular weight excluding hydrogens is 525 g/mol. The molecule has 2 amide bonds. The van der Waals surface area contributed by atoms with Gasteiger partial charge in [0.1, 0.15) is 11.8 Å². The molecule has 0 heterocycles. The Labute approximate surface area is 223 Å². The van der Waals surface area contributed by atoms with E-state index >= 15 is 0 Å². The third-order valence-electron chi connectivity index (χ3n) is 5.44. The van der Waals surface area contributed by atoms with E-state index in [4.69, 9.17) is 27.9 Å². The minimum atomic E-state index is -3.64. The van der Waals surface area contributed by atoms with Gasteiger partial charge in [-0.2, -0.15) is 0 Å². The van der Waals surface area contributed by atoms with Crippen LogP contribution in [0, 0.1) is 0 Å². The van der Waals surface area contributed by atoms with E-state index in [1.807, 2.05) is 13.8 Å². The van der Waals surface area contributed by atoms with Crippen molar-refractivity contribution in [1.29, 1.82) is 0 Å². The van der Waals surface area contributed by atoms with E-state index in [0.29, 0.717) is 16.5 Å². The molecule has 8 nitrogen and oxygen atoms in total. The van der Waals surface area contributed by atoms with Crippen molar-refractivity contribution < 1.29 is 22.7 Å². The zero-order chi connectivity index (χ0) is 27.0. The van der Waals surface area contributed by atoms with Crippen LogP contribution in [0.2, 0.25) is 10.0 Å². The first kappa shape index (κ1) is 29.7. The number of methoxy groups -OCH3 is 1. The third-order valence-corrected chi connectivity index (χ3v) is 7.18. The number of ether oxygens (including phenoxy) is 1. The minimum absolute atomic E-state index is 0.0444. The van der Waals surface area contributed by atoms with Crippen LogP contribution >= 0.6 is 23.2 Å². The highest BCUT2D eigenvalue weighted by Crippen LogP contribution is 2.30. The van der Waals surface area contributed by atoms with Gasteiger partial charge in [-0.25, -0.2) is 8.42 Å². The predicted octanol–water partition coefficient (Wildman–Crippen LogP) is 4.49. The van der Waals surface area contributed by atoms with Crippen LogP contribution in [-0.2, 0) is 26.2 Å². The molecule has 2 rings (SSSR count). The summed E-state index contributed by atoms with van der Waals surface area (Å²) in [4.78, 5) is 27.5. The number of benzene rings is 2. The Kier molecular flexibility index (Phi) is 10.9. The number of carbonyl (C=O) groups excluding carboxylic acids is 2. The average Bonchev–Trinajstić information content (AvgIpc) is 2.79. The van der Waals surface area contributed by atoms with Crippen molar-refractivity contribution in [2.45, 2.75) is 52.2 Å². The minimum Gasteiger partial charge on any atom is -0.495 e. The average molecular weight is 559 g/mol. The van der Waals surface area contributed by atoms with Crippen LogP contribution in [0.15, 0.2) is 42.5 Å². The highest BCUT2D eigenvalue weighted by atomic mass is 35.5. The zero-order valence-electron chi connectivity index (χ0n) is 21.1. The number of anilines is 1. The maximum absolute atomic E-state index is 13.3. The molecule has 2 aromatic rings. The second-order valence-electron chi connectivity index (χ2n) is 8.74. The molecule has 0 saturated carbocycles. The van der Waals surface area contributed by atoms with Gasteiger partial charge in [0.25, 0.3) is 0 Å². The van der Waals surface area contributed by atoms with Gasteiger partial charge in [-0.05, 0) is 63.1 Å². The number of amides is 2. The fourth-order valence-electron chi connectivity index (χ4n) is 3.59. The lowest BCUT2D eigenvalue weighted by Gasteiger charge is -2.30. The first-order valence-electron chi connectivity index (χ1n) is 11.5. The highest BCUT2D eigenvalue weighted by molar-refractivity contribution is 7.92. The Morgan fingerprint density at radius 3 is 2.22 bits per heavy atom. The predicted molar refractivity (Wildman–Crippen MR) is 144 cm³/mol. The first-order valence-corrected chi connectivity index (χ1v) is 14.1. The molecule has 0 fully saturated rings. The van der Waals surface area contributed by atoms with Crippen LogP contribution in [-0.4, -0.2) is 57.1 Å². The van der Waals surface area contributed by atoms with Gasteiger partial charge in [0.05, 0.1) is 24.1 Å². The zero-order valence-corrected chi connectivity index (χ0v) is 23.5. The summed E-state index contributed by atoms with van der Waals surface area (Å²) in [5.74, 6) is -0.105. The topological polar surface area (TPSA) is 96.0 Å². The number of nitrogens with zero attached hydrogens (tertiary/aromatic N) is 2. The van der Waals surface area contributed by atoms with Gasteiger partial charge in [0.2, 0.25) is 21.8 Å². The standard InChI is InChI=1S/C25H33Cl2N3O5S/c1-17(2)28-25(32)18(3)29(16-19-8-10-20(26)11-9-19)24(31)7-6-14-30(36(5,33)34)21-12-13-23(35-4)22(27)15-21/h8-13,15,17-18H,6-7,14,16H2,1-5H3,(H,28,32)/t18-/m1/s1. The van der Waals surface area contributed by atoms with Gasteiger partial charge in [-0.15, -0.1) is 0 Å². The molecule has 0 spiro atoms. The third kappa shape index (κ3) is 8.57. The van der Waals surface area contributed by atoms with Crippen LogP contribution in [0.25, 0.3) is 0 Å². The summed E-state index contributed by atoms with van der Waals surface area (Å²) < 4.78 is 31.3. The van der Waals surface area contributed by atoms with E-state index < -0.39 is 16.1 Å². The number of halogens is 2. The Balaban J connectivity index is 2.18. The lowest BCUT2D eigenvalue weighted by molar-refractivity contribution is -0.140. The van der Waals surface area contributed by atoms with Crippen LogP contribution in [0.1, 0.15) is 39.2 Å². The molecular formula is C25H33Cl2N3O5S. The summed E-state index contributed by atoms with van der Waals surface area (Å²) >= 11 is 12.2. The molecule has 36 heavy (non-hydrogen) atoms. The summed E-state index contributed by atoms with van der Waals surface area (Å²) in [6, 6.07) is 10.9. The van der Waals surface area contributed by atoms with E-state index in [0.717, 1.165) is 11.8 Å². The van der Waals surface area contributed by atoms with Crippen LogP contribution in [0.5, 0.6) is 5.75 Å². The molecule has 0 aromatic heterocycles. The van der Waals surface area contributed by atoms with Crippen molar-refractivity contribution in [2.75, 3.05) is 24.2 Å². The molecule has 198 valence electrons. The second kappa shape index (κ2) is 13.2. The maximum atomic E-state index is 13.3. The smallest absolute Gasteiger partial charge is 0.242 e. The monoisotopic (exact) mass is 557 g/mol. The summed E-state index contributed by atoms with van der Waals surface area (Å²) in [5, 5.41) is 3.69. The summed E-state index contributed by atoms with van der Waals surface area (Å²) in [6.07, 6.45) is 1.38. The van der Waals surface area contributed by atoms with E-state index in [9.17, 15) is 18.0 Å². The molecule has 11 heteroatoms. The van der Waals surface area contributed by atoms with Crippen molar-refractivity contribution in [3.8, 4) is 5.75 Å². The number of hydrogen-bond acceptors (Lipinski definition) is 5. The van der Waals surface area contributed by atoms with Crippen LogP contribution in [0.4, 0.5) is 5.69 Å². The number of carbonyl (C=O) groups is 2. The maximum Gasteiger partial charge on any atom is 0.242 e. The van der Waals surface area contributed by atoms with Gasteiger partial charge in [-0.3, -0.25) is 13.9 Å². The number of hydrogen-bond donors (Lipinski definition) is 1. The van der Waals surface area contributed by atoms with Crippen LogP contribution in [0.3, 0.4) is 0 Å². The van der Waals surface area contributed by atoms with Crippen LogP contribution < -0.4 is 14.4 Å². The highest BCUT2D eigenvalue weighted by Gasteiger charge is 2.27. The van der Waals surface area contributed by atoms with E-state index in [2.05, 4.69) is 5.32 Å². The Morgan fingerprint density at radius 1 is 1.06 bits per heavy atom. The van der Waals surface area contributed by atoms with Gasteiger partial charge < -0.3 is 15.0 Å². The van der Waals surface area contributed by atoms with Gasteiger partial charge >= 0.3 is 0 Å². The largest absolute Gasteiger partial charge is 0.495 e. The second-order valence-corrected chi connectivity index (χ2v) is 11.5. The number of rotatable bonds is 12. The molecule has 0 aliphatic carbocycles. The lowest BCUT2D eigenvalue weighted by Crippen LogP contribution is -2.49. The molecule has 0 unspecified atom stereocenters. The Morgan fingerprint density at radius 2 is 1.69 bits per heavy atom. The molecule has 0 radical (unpaired) electrons. The molecule has 0 saturated heterocycles. The summed E-state index contributed by atoms with van der Waals surface area (Å²) in [7, 11) is -2.16. The molecule has 1 N–H and O–H groups in total. The summed E-state index contributed by atoms with van der Waals surface area (Å²) in [5.41, 5.74) is 1.20. The van der Waals surface area contributed by atoms with E-state index in [1.165, 1.54) is 22.4 Å². The van der Waals surface area contributed by atoms with Crippen molar-refractivity contribution in [1.82, 2.24) is 10.2 Å². The van der Waals surface area contributed by atoms with Crippen molar-refractivity contribution in [2.24, 2.45) is 0 Å². The summed E-state index contributed by atoms with van der Waals surface area (Å²) in [6.45, 7) is 5.65. The molecule has 0 bridgehead atoms. The SMILES string of the molecule is COc1ccc(N(CCCC(=O)N(Cc2ccc(Cl)cc2)[C@H](C)C(=O)NC(C)C)S(C)(=O)=O)cc1Cl. The fraction of sp³-hybridized carbons (Fsp3) is 0.440. The van der Waals surface area contributed by atoms with Gasteiger partial charge in [-0.1, -0.05) is 35.3 Å². The van der Waals surface area contributed by atoms with Gasteiger partial charge in [0, 0.05) is 30.6 Å². The molecule has 1 atom stereocenters. The molecule has 0 aliphatic heterocycles. The van der Waals surface area contributed by atoms with Crippen molar-refractivity contribution in [3.05, 3.63) is 58.1 Å². The Bertz CT molecular complexity index is 1160. The molecule has 2 aromatic carbocycles. The lowest BCUT2D eigenvalue weighted by atomic mass is 10.1. The van der Waals surface area contributed by atoms with E-state index in [-0.39, 0.29) is 48.8 Å². The normalized spacial score (nSPS) is 12.2. The quantitative estimate of drug-likeness (QED) is 0.414. The fourth-order valence-corrected chi connectivity index (χ4v) is 4.92.